The number of amides is 1. The summed E-state index contributed by atoms with van der Waals surface area (Å²) in [6, 6.07) is 10.3. The zero-order valence-electron chi connectivity index (χ0n) is 13.7. The van der Waals surface area contributed by atoms with Gasteiger partial charge >= 0.3 is 5.97 Å². The summed E-state index contributed by atoms with van der Waals surface area (Å²) in [4.78, 5) is 23.8. The molecule has 7 heteroatoms. The average molecular weight is 366 g/mol. The quantitative estimate of drug-likeness (QED) is 0.795. The van der Waals surface area contributed by atoms with E-state index in [9.17, 15) is 14.0 Å². The van der Waals surface area contributed by atoms with E-state index in [4.69, 9.17) is 21.1 Å². The molecule has 0 saturated heterocycles. The summed E-state index contributed by atoms with van der Waals surface area (Å²) in [5.74, 6) is -1.15. The summed E-state index contributed by atoms with van der Waals surface area (Å²) >= 11 is 5.78. The number of carbonyl (C=O) groups excluding carboxylic acids is 2. The van der Waals surface area contributed by atoms with Crippen LogP contribution in [-0.4, -0.2) is 25.6 Å². The fourth-order valence-corrected chi connectivity index (χ4v) is 2.39. The number of benzene rings is 2. The molecular formula is C18H17ClFNO4. The van der Waals surface area contributed by atoms with Gasteiger partial charge in [0.25, 0.3) is 5.91 Å². The third kappa shape index (κ3) is 5.19. The van der Waals surface area contributed by atoms with Gasteiger partial charge in [0.15, 0.2) is 6.61 Å². The smallest absolute Gasteiger partial charge is 0.340 e. The van der Waals surface area contributed by atoms with E-state index in [1.54, 1.807) is 26.2 Å². The molecule has 0 aliphatic rings. The van der Waals surface area contributed by atoms with Crippen LogP contribution in [-0.2, 0) is 9.53 Å². The standard InChI is InChI=1S/C18H17ClFNO4/c1-11(12-4-3-5-14(8-12)24-2)21-17(22)10-25-18(23)15-7-6-13(20)9-16(15)19/h3-9,11H,10H2,1-2H3,(H,21,22). The van der Waals surface area contributed by atoms with Crippen molar-refractivity contribution in [1.29, 1.82) is 0 Å². The molecule has 0 aliphatic carbocycles. The fraction of sp³-hybridized carbons (Fsp3) is 0.222. The van der Waals surface area contributed by atoms with Gasteiger partial charge in [-0.1, -0.05) is 23.7 Å². The van der Waals surface area contributed by atoms with Crippen molar-refractivity contribution in [3.8, 4) is 5.75 Å². The second-order valence-electron chi connectivity index (χ2n) is 5.27. The lowest BCUT2D eigenvalue weighted by Gasteiger charge is -2.15. The first-order chi connectivity index (χ1) is 11.9. The maximum Gasteiger partial charge on any atom is 0.340 e. The molecule has 1 atom stereocenters. The summed E-state index contributed by atoms with van der Waals surface area (Å²) in [7, 11) is 1.56. The minimum absolute atomic E-state index is 0.00305. The second-order valence-corrected chi connectivity index (χ2v) is 5.67. The van der Waals surface area contributed by atoms with Gasteiger partial charge < -0.3 is 14.8 Å². The van der Waals surface area contributed by atoms with Crippen LogP contribution in [0.5, 0.6) is 5.75 Å². The summed E-state index contributed by atoms with van der Waals surface area (Å²) in [5.41, 5.74) is 0.845. The molecule has 5 nitrogen and oxygen atoms in total. The average Bonchev–Trinajstić information content (AvgIpc) is 2.59. The maximum atomic E-state index is 13.0. The molecule has 2 rings (SSSR count). The highest BCUT2D eigenvalue weighted by molar-refractivity contribution is 6.33. The molecule has 2 aromatic carbocycles. The lowest BCUT2D eigenvalue weighted by molar-refractivity contribution is -0.124. The van der Waals surface area contributed by atoms with Crippen molar-refractivity contribution in [3.05, 3.63) is 64.4 Å². The van der Waals surface area contributed by atoms with E-state index in [2.05, 4.69) is 5.32 Å². The minimum atomic E-state index is -0.797. The Kier molecular flexibility index (Phi) is 6.36. The molecule has 132 valence electrons. The number of carbonyl (C=O) groups is 2. The summed E-state index contributed by atoms with van der Waals surface area (Å²) in [6.07, 6.45) is 0. The van der Waals surface area contributed by atoms with Crippen LogP contribution >= 0.6 is 11.6 Å². The van der Waals surface area contributed by atoms with Gasteiger partial charge in [-0.25, -0.2) is 9.18 Å². The van der Waals surface area contributed by atoms with Gasteiger partial charge in [-0.3, -0.25) is 4.79 Å². The Morgan fingerprint density at radius 1 is 1.24 bits per heavy atom. The Bertz CT molecular complexity index is 781. The molecular weight excluding hydrogens is 349 g/mol. The third-order valence-corrected chi connectivity index (χ3v) is 3.77. The first kappa shape index (κ1) is 18.7. The molecule has 1 amide bonds. The normalized spacial score (nSPS) is 11.5. The molecule has 0 aliphatic heterocycles. The Hall–Kier alpha value is -2.60. The number of esters is 1. The van der Waals surface area contributed by atoms with Gasteiger partial charge in [-0.2, -0.15) is 0 Å². The van der Waals surface area contributed by atoms with Crippen molar-refractivity contribution in [3.63, 3.8) is 0 Å². The summed E-state index contributed by atoms with van der Waals surface area (Å²) in [6.45, 7) is 1.33. The molecule has 0 saturated carbocycles. The van der Waals surface area contributed by atoms with Crippen LogP contribution in [0, 0.1) is 5.82 Å². The number of rotatable bonds is 6. The number of nitrogens with one attached hydrogen (secondary N) is 1. The van der Waals surface area contributed by atoms with Crippen LogP contribution in [0.4, 0.5) is 4.39 Å². The highest BCUT2D eigenvalue weighted by Crippen LogP contribution is 2.19. The maximum absolute atomic E-state index is 13.0. The van der Waals surface area contributed by atoms with Crippen LogP contribution in [0.3, 0.4) is 0 Å². The predicted octanol–water partition coefficient (Wildman–Crippen LogP) is 3.52. The second kappa shape index (κ2) is 8.48. The number of hydrogen-bond donors (Lipinski definition) is 1. The van der Waals surface area contributed by atoms with Gasteiger partial charge in [0, 0.05) is 0 Å². The van der Waals surface area contributed by atoms with Crippen LogP contribution < -0.4 is 10.1 Å². The molecule has 0 radical (unpaired) electrons. The van der Waals surface area contributed by atoms with Crippen molar-refractivity contribution in [2.75, 3.05) is 13.7 Å². The molecule has 0 aromatic heterocycles. The first-order valence-electron chi connectivity index (χ1n) is 7.46. The predicted molar refractivity (Wildman–Crippen MR) is 91.2 cm³/mol. The highest BCUT2D eigenvalue weighted by Gasteiger charge is 2.16. The van der Waals surface area contributed by atoms with E-state index in [-0.39, 0.29) is 16.6 Å². The van der Waals surface area contributed by atoms with Crippen molar-refractivity contribution < 1.29 is 23.5 Å². The molecule has 1 unspecified atom stereocenters. The summed E-state index contributed by atoms with van der Waals surface area (Å²) < 4.78 is 23.0. The Morgan fingerprint density at radius 3 is 2.68 bits per heavy atom. The third-order valence-electron chi connectivity index (χ3n) is 3.46. The van der Waals surface area contributed by atoms with Gasteiger partial charge in [-0.05, 0) is 42.8 Å². The Morgan fingerprint density at radius 2 is 2.00 bits per heavy atom. The largest absolute Gasteiger partial charge is 0.497 e. The molecule has 0 spiro atoms. The molecule has 25 heavy (non-hydrogen) atoms. The fourth-order valence-electron chi connectivity index (χ4n) is 2.14. The lowest BCUT2D eigenvalue weighted by Crippen LogP contribution is -2.31. The highest BCUT2D eigenvalue weighted by atomic mass is 35.5. The monoisotopic (exact) mass is 365 g/mol. The van der Waals surface area contributed by atoms with Crippen molar-refractivity contribution in [2.24, 2.45) is 0 Å². The summed E-state index contributed by atoms with van der Waals surface area (Å²) in [5, 5.41) is 2.64. The van der Waals surface area contributed by atoms with E-state index in [1.807, 2.05) is 12.1 Å². The molecule has 0 heterocycles. The first-order valence-corrected chi connectivity index (χ1v) is 7.84. The van der Waals surface area contributed by atoms with E-state index < -0.39 is 24.3 Å². The SMILES string of the molecule is COc1cccc(C(C)NC(=O)COC(=O)c2ccc(F)cc2Cl)c1. The van der Waals surface area contributed by atoms with E-state index in [1.165, 1.54) is 6.07 Å². The van der Waals surface area contributed by atoms with Crippen LogP contribution in [0.1, 0.15) is 28.9 Å². The number of hydrogen-bond acceptors (Lipinski definition) is 4. The van der Waals surface area contributed by atoms with Crippen molar-refractivity contribution >= 4 is 23.5 Å². The van der Waals surface area contributed by atoms with Crippen molar-refractivity contribution in [2.45, 2.75) is 13.0 Å². The van der Waals surface area contributed by atoms with Crippen LogP contribution in [0.15, 0.2) is 42.5 Å². The number of methoxy groups -OCH3 is 1. The Balaban J connectivity index is 1.90. The molecule has 0 bridgehead atoms. The minimum Gasteiger partial charge on any atom is -0.497 e. The zero-order valence-corrected chi connectivity index (χ0v) is 14.5. The topological polar surface area (TPSA) is 64.6 Å². The van der Waals surface area contributed by atoms with E-state index >= 15 is 0 Å². The van der Waals surface area contributed by atoms with E-state index in [0.717, 1.165) is 17.7 Å². The molecule has 2 aromatic rings. The van der Waals surface area contributed by atoms with Gasteiger partial charge in [-0.15, -0.1) is 0 Å². The van der Waals surface area contributed by atoms with Gasteiger partial charge in [0.2, 0.25) is 0 Å². The molecule has 0 fully saturated rings. The van der Waals surface area contributed by atoms with Crippen LogP contribution in [0.25, 0.3) is 0 Å². The molecule has 1 N–H and O–H groups in total. The van der Waals surface area contributed by atoms with Gasteiger partial charge in [0.1, 0.15) is 11.6 Å². The zero-order chi connectivity index (χ0) is 18.4. The number of halogens is 2. The van der Waals surface area contributed by atoms with Gasteiger partial charge in [0.05, 0.1) is 23.7 Å². The Labute approximate surface area is 149 Å². The van der Waals surface area contributed by atoms with E-state index in [0.29, 0.717) is 5.75 Å². The lowest BCUT2D eigenvalue weighted by atomic mass is 10.1. The van der Waals surface area contributed by atoms with Crippen LogP contribution in [0.2, 0.25) is 5.02 Å². The van der Waals surface area contributed by atoms with Crippen molar-refractivity contribution in [1.82, 2.24) is 5.32 Å². The number of ether oxygens (including phenoxy) is 2.